The Kier molecular flexibility index (Phi) is 9.29. The second kappa shape index (κ2) is 11.5. The fraction of sp³-hybridized carbons (Fsp3) is 0.500. The van der Waals surface area contributed by atoms with E-state index < -0.39 is 12.1 Å². The van der Waals surface area contributed by atoms with Crippen molar-refractivity contribution in [3.05, 3.63) is 48.0 Å². The van der Waals surface area contributed by atoms with Gasteiger partial charge < -0.3 is 10.2 Å². The molecule has 3 atom stereocenters. The van der Waals surface area contributed by atoms with Gasteiger partial charge in [-0.25, -0.2) is 0 Å². The quantitative estimate of drug-likeness (QED) is 0.442. The minimum Gasteiger partial charge on any atom is -0.481 e. The van der Waals surface area contributed by atoms with Gasteiger partial charge >= 0.3 is 5.97 Å². The Hall–Kier alpha value is -1.24. The van der Waals surface area contributed by atoms with Crippen molar-refractivity contribution in [2.75, 3.05) is 17.3 Å². The van der Waals surface area contributed by atoms with Crippen LogP contribution in [-0.4, -0.2) is 50.6 Å². The molecule has 0 spiro atoms. The Labute approximate surface area is 163 Å². The van der Waals surface area contributed by atoms with Gasteiger partial charge in [0.2, 0.25) is 0 Å². The summed E-state index contributed by atoms with van der Waals surface area (Å²) in [6, 6.07) is 9.87. The number of aliphatic hydroxyl groups is 1. The molecule has 142 valence electrons. The van der Waals surface area contributed by atoms with Crippen LogP contribution in [0.3, 0.4) is 0 Å². The molecule has 0 saturated heterocycles. The molecule has 1 fully saturated rings. The molecule has 26 heavy (non-hydrogen) atoms. The number of aliphatic hydroxyl groups excluding tert-OH is 1. The van der Waals surface area contributed by atoms with Crippen molar-refractivity contribution in [3.8, 4) is 0 Å². The largest absolute Gasteiger partial charge is 0.481 e. The second-order valence-electron chi connectivity index (χ2n) is 6.40. The van der Waals surface area contributed by atoms with E-state index in [-0.39, 0.29) is 16.9 Å². The number of aliphatic carboxylic acids is 1. The Bertz CT molecular complexity index is 603. The smallest absolute Gasteiger partial charge is 0.313 e. The van der Waals surface area contributed by atoms with Crippen molar-refractivity contribution in [2.24, 2.45) is 5.92 Å². The van der Waals surface area contributed by atoms with Crippen molar-refractivity contribution in [3.63, 3.8) is 0 Å². The molecule has 1 aromatic rings. The van der Waals surface area contributed by atoms with E-state index in [0.717, 1.165) is 29.9 Å². The lowest BCUT2D eigenvalue weighted by Crippen LogP contribution is -2.17. The maximum atomic E-state index is 12.1. The molecule has 1 unspecified atom stereocenters. The Morgan fingerprint density at radius 1 is 1.27 bits per heavy atom. The summed E-state index contributed by atoms with van der Waals surface area (Å²) in [6.45, 7) is 0. The van der Waals surface area contributed by atoms with Crippen molar-refractivity contribution >= 4 is 35.3 Å². The molecule has 0 amide bonds. The molecule has 1 aliphatic carbocycles. The third kappa shape index (κ3) is 7.56. The van der Waals surface area contributed by atoms with Gasteiger partial charge in [-0.1, -0.05) is 42.5 Å². The molecule has 0 aliphatic heterocycles. The van der Waals surface area contributed by atoms with Crippen LogP contribution in [0, 0.1) is 5.92 Å². The van der Waals surface area contributed by atoms with Gasteiger partial charge in [-0.05, 0) is 35.8 Å². The van der Waals surface area contributed by atoms with Gasteiger partial charge in [-0.15, -0.1) is 11.8 Å². The number of hydrogen-bond acceptors (Lipinski definition) is 5. The first-order valence-corrected chi connectivity index (χ1v) is 11.1. The van der Waals surface area contributed by atoms with E-state index in [1.807, 2.05) is 42.5 Å². The summed E-state index contributed by atoms with van der Waals surface area (Å²) in [5, 5.41) is 18.8. The number of thioether (sulfide) groups is 2. The number of carbonyl (C=O) groups is 2. The number of rotatable bonds is 11. The van der Waals surface area contributed by atoms with E-state index in [1.54, 1.807) is 11.8 Å². The zero-order valence-corrected chi connectivity index (χ0v) is 16.4. The molecule has 4 nitrogen and oxygen atoms in total. The molecule has 1 aromatic carbocycles. The number of hydrogen-bond donors (Lipinski definition) is 2. The standard InChI is InChI=1S/C20H26O4S2/c21-17(13-15-5-2-1-3-6-15)9-7-16-8-10-18(22)20(16)26-12-4-11-25-14-19(23)24/h1-3,5-7,9,16-17,20-21H,4,8,10-14H2,(H,23,24)/t16-,17?,20-/m1/s1. The molecular formula is C20H26O4S2. The van der Waals surface area contributed by atoms with Crippen LogP contribution in [0.4, 0.5) is 0 Å². The number of carbonyl (C=O) groups excluding carboxylic acids is 1. The van der Waals surface area contributed by atoms with E-state index in [9.17, 15) is 14.7 Å². The van der Waals surface area contributed by atoms with E-state index in [0.29, 0.717) is 18.6 Å². The maximum absolute atomic E-state index is 12.1. The minimum absolute atomic E-state index is 0.0281. The van der Waals surface area contributed by atoms with Crippen LogP contribution < -0.4 is 0 Å². The third-order valence-electron chi connectivity index (χ3n) is 4.25. The Balaban J connectivity index is 1.74. The molecule has 0 bridgehead atoms. The predicted octanol–water partition coefficient (Wildman–Crippen LogP) is 3.44. The summed E-state index contributed by atoms with van der Waals surface area (Å²) >= 11 is 3.09. The molecule has 6 heteroatoms. The van der Waals surface area contributed by atoms with Crippen LogP contribution in [0.2, 0.25) is 0 Å². The summed E-state index contributed by atoms with van der Waals surface area (Å²) in [5.74, 6) is 1.49. The van der Waals surface area contributed by atoms with Crippen molar-refractivity contribution in [2.45, 2.75) is 37.0 Å². The van der Waals surface area contributed by atoms with Crippen molar-refractivity contribution in [1.82, 2.24) is 0 Å². The van der Waals surface area contributed by atoms with Crippen LogP contribution in [0.5, 0.6) is 0 Å². The molecule has 2 N–H and O–H groups in total. The highest BCUT2D eigenvalue weighted by Crippen LogP contribution is 2.34. The molecular weight excluding hydrogens is 368 g/mol. The minimum atomic E-state index is -0.784. The fourth-order valence-electron chi connectivity index (χ4n) is 2.98. The second-order valence-corrected chi connectivity index (χ2v) is 8.76. The number of ketones is 1. The lowest BCUT2D eigenvalue weighted by atomic mass is 10.0. The molecule has 1 aliphatic rings. The average Bonchev–Trinajstić information content (AvgIpc) is 2.97. The lowest BCUT2D eigenvalue weighted by molar-refractivity contribution is -0.133. The molecule has 0 heterocycles. The monoisotopic (exact) mass is 394 g/mol. The van der Waals surface area contributed by atoms with Gasteiger partial charge in [-0.3, -0.25) is 9.59 Å². The summed E-state index contributed by atoms with van der Waals surface area (Å²) in [5.41, 5.74) is 1.09. The topological polar surface area (TPSA) is 74.6 Å². The van der Waals surface area contributed by atoms with Crippen LogP contribution in [0.25, 0.3) is 0 Å². The van der Waals surface area contributed by atoms with Gasteiger partial charge in [0.15, 0.2) is 0 Å². The summed E-state index contributed by atoms with van der Waals surface area (Å²) in [7, 11) is 0. The first-order chi connectivity index (χ1) is 12.6. The number of carboxylic acid groups (broad SMARTS) is 1. The van der Waals surface area contributed by atoms with E-state index >= 15 is 0 Å². The number of benzene rings is 1. The van der Waals surface area contributed by atoms with Crippen LogP contribution in [0.15, 0.2) is 42.5 Å². The van der Waals surface area contributed by atoms with Gasteiger partial charge in [0.1, 0.15) is 5.78 Å². The van der Waals surface area contributed by atoms with Crippen LogP contribution in [-0.2, 0) is 16.0 Å². The summed E-state index contributed by atoms with van der Waals surface area (Å²) in [6.07, 6.45) is 6.23. The fourth-order valence-corrected chi connectivity index (χ4v) is 5.17. The number of allylic oxidation sites excluding steroid dienone is 1. The highest BCUT2D eigenvalue weighted by atomic mass is 32.2. The van der Waals surface area contributed by atoms with Crippen LogP contribution in [0.1, 0.15) is 24.8 Å². The van der Waals surface area contributed by atoms with Gasteiger partial charge in [0.25, 0.3) is 0 Å². The van der Waals surface area contributed by atoms with Crippen molar-refractivity contribution < 1.29 is 19.8 Å². The SMILES string of the molecule is O=C(O)CSCCCS[C@H]1C(=O)CC[C@H]1C=CC(O)Cc1ccccc1. The molecule has 0 radical (unpaired) electrons. The first kappa shape index (κ1) is 21.1. The van der Waals surface area contributed by atoms with Gasteiger partial charge in [-0.2, -0.15) is 11.8 Å². The molecule has 1 saturated carbocycles. The Morgan fingerprint density at radius 2 is 2.04 bits per heavy atom. The van der Waals surface area contributed by atoms with Crippen LogP contribution >= 0.6 is 23.5 Å². The van der Waals surface area contributed by atoms with E-state index in [4.69, 9.17) is 5.11 Å². The zero-order chi connectivity index (χ0) is 18.8. The van der Waals surface area contributed by atoms with Crippen molar-refractivity contribution in [1.29, 1.82) is 0 Å². The summed E-state index contributed by atoms with van der Waals surface area (Å²) in [4.78, 5) is 22.6. The lowest BCUT2D eigenvalue weighted by Gasteiger charge is -2.15. The highest BCUT2D eigenvalue weighted by Gasteiger charge is 2.33. The number of Topliss-reactive ketones (excluding diaryl/α,β-unsaturated/α-hetero) is 1. The predicted molar refractivity (Wildman–Crippen MR) is 109 cm³/mol. The third-order valence-corrected chi connectivity index (χ3v) is 6.78. The zero-order valence-electron chi connectivity index (χ0n) is 14.8. The van der Waals surface area contributed by atoms with Gasteiger partial charge in [0, 0.05) is 12.8 Å². The highest BCUT2D eigenvalue weighted by molar-refractivity contribution is 8.01. The normalized spacial score (nSPS) is 21.3. The Morgan fingerprint density at radius 3 is 2.77 bits per heavy atom. The summed E-state index contributed by atoms with van der Waals surface area (Å²) < 4.78 is 0. The van der Waals surface area contributed by atoms with E-state index in [2.05, 4.69) is 0 Å². The first-order valence-electron chi connectivity index (χ1n) is 8.90. The van der Waals surface area contributed by atoms with Gasteiger partial charge in [0.05, 0.1) is 17.1 Å². The average molecular weight is 395 g/mol. The molecule has 0 aromatic heterocycles. The maximum Gasteiger partial charge on any atom is 0.313 e. The molecule has 2 rings (SSSR count). The van der Waals surface area contributed by atoms with E-state index in [1.165, 1.54) is 11.8 Å². The number of carboxylic acids is 1.